The van der Waals surface area contributed by atoms with Gasteiger partial charge in [0, 0.05) is 0 Å². The number of aliphatic carboxylic acids is 1. The minimum Gasteiger partial charge on any atom is -0.481 e. The third-order valence-electron chi connectivity index (χ3n) is 3.59. The zero-order valence-electron chi connectivity index (χ0n) is 10.8. The van der Waals surface area contributed by atoms with Gasteiger partial charge in [0.15, 0.2) is 0 Å². The van der Waals surface area contributed by atoms with E-state index in [2.05, 4.69) is 0 Å². The summed E-state index contributed by atoms with van der Waals surface area (Å²) >= 11 is 0. The number of hydrogen-bond acceptors (Lipinski definition) is 1. The van der Waals surface area contributed by atoms with Gasteiger partial charge in [-0.1, -0.05) is 24.3 Å². The zero-order valence-corrected chi connectivity index (χ0v) is 10.8. The van der Waals surface area contributed by atoms with Gasteiger partial charge in [-0.25, -0.2) is 4.39 Å². The molecule has 98 valence electrons. The summed E-state index contributed by atoms with van der Waals surface area (Å²) in [6.07, 6.45) is 2.20. The van der Waals surface area contributed by atoms with Gasteiger partial charge in [-0.3, -0.25) is 4.79 Å². The third-order valence-corrected chi connectivity index (χ3v) is 3.59. The molecule has 0 amide bonds. The highest BCUT2D eigenvalue weighted by Gasteiger charge is 2.36. The van der Waals surface area contributed by atoms with E-state index in [1.807, 2.05) is 18.2 Å². The van der Waals surface area contributed by atoms with E-state index in [1.54, 1.807) is 6.07 Å². The van der Waals surface area contributed by atoms with Crippen LogP contribution in [0.4, 0.5) is 4.39 Å². The number of halogens is 1. The fourth-order valence-electron chi connectivity index (χ4n) is 2.58. The third kappa shape index (κ3) is 2.89. The second-order valence-corrected chi connectivity index (χ2v) is 5.60. The standard InChI is InChI=1S/C15H19FO2/c1-15(2,16)13-6-4-3-5-11(13)12(9-14(17)18)10-7-8-10/h3-6,10,12H,7-9H2,1-2H3,(H,17,18). The molecule has 1 N–H and O–H groups in total. The minimum atomic E-state index is -1.43. The van der Waals surface area contributed by atoms with Crippen molar-refractivity contribution in [3.05, 3.63) is 35.4 Å². The summed E-state index contributed by atoms with van der Waals surface area (Å²) in [5.74, 6) is -0.448. The molecule has 1 aromatic carbocycles. The van der Waals surface area contributed by atoms with E-state index in [4.69, 9.17) is 5.11 Å². The van der Waals surface area contributed by atoms with Gasteiger partial charge in [0.05, 0.1) is 6.42 Å². The van der Waals surface area contributed by atoms with E-state index >= 15 is 0 Å². The van der Waals surface area contributed by atoms with Crippen molar-refractivity contribution >= 4 is 5.97 Å². The van der Waals surface area contributed by atoms with Crippen LogP contribution >= 0.6 is 0 Å². The van der Waals surface area contributed by atoms with E-state index in [9.17, 15) is 9.18 Å². The summed E-state index contributed by atoms with van der Waals surface area (Å²) in [7, 11) is 0. The Morgan fingerprint density at radius 3 is 2.56 bits per heavy atom. The van der Waals surface area contributed by atoms with E-state index in [-0.39, 0.29) is 12.3 Å². The Hall–Kier alpha value is -1.38. The van der Waals surface area contributed by atoms with Crippen molar-refractivity contribution < 1.29 is 14.3 Å². The average molecular weight is 250 g/mol. The number of rotatable bonds is 5. The topological polar surface area (TPSA) is 37.3 Å². The first kappa shape index (κ1) is 13.1. The van der Waals surface area contributed by atoms with Gasteiger partial charge in [-0.05, 0) is 49.7 Å². The molecule has 1 atom stereocenters. The lowest BCUT2D eigenvalue weighted by atomic mass is 9.83. The van der Waals surface area contributed by atoms with Crippen molar-refractivity contribution in [2.45, 2.75) is 44.7 Å². The van der Waals surface area contributed by atoms with E-state index in [0.29, 0.717) is 11.5 Å². The SMILES string of the molecule is CC(C)(F)c1ccccc1C(CC(=O)O)C1CC1. The van der Waals surface area contributed by atoms with Crippen molar-refractivity contribution in [2.24, 2.45) is 5.92 Å². The van der Waals surface area contributed by atoms with Crippen LogP contribution in [0.2, 0.25) is 0 Å². The van der Waals surface area contributed by atoms with Crippen LogP contribution < -0.4 is 0 Å². The van der Waals surface area contributed by atoms with E-state index < -0.39 is 11.6 Å². The van der Waals surface area contributed by atoms with Crippen molar-refractivity contribution in [1.29, 1.82) is 0 Å². The molecule has 0 aliphatic heterocycles. The molecule has 3 heteroatoms. The van der Waals surface area contributed by atoms with Crippen LogP contribution in [0, 0.1) is 5.92 Å². The summed E-state index contributed by atoms with van der Waals surface area (Å²) < 4.78 is 14.2. The Balaban J connectivity index is 2.38. The quantitative estimate of drug-likeness (QED) is 0.861. The molecule has 0 radical (unpaired) electrons. The molecule has 0 bridgehead atoms. The summed E-state index contributed by atoms with van der Waals surface area (Å²) in [5, 5.41) is 9.02. The molecule has 0 spiro atoms. The van der Waals surface area contributed by atoms with Gasteiger partial charge in [0.25, 0.3) is 0 Å². The Kier molecular flexibility index (Phi) is 3.42. The Morgan fingerprint density at radius 2 is 2.06 bits per heavy atom. The number of benzene rings is 1. The molecule has 1 aromatic rings. The highest BCUT2D eigenvalue weighted by atomic mass is 19.1. The lowest BCUT2D eigenvalue weighted by Gasteiger charge is -2.24. The summed E-state index contributed by atoms with van der Waals surface area (Å²) in [6.45, 7) is 3.05. The van der Waals surface area contributed by atoms with Crippen molar-refractivity contribution in [2.75, 3.05) is 0 Å². The van der Waals surface area contributed by atoms with E-state index in [0.717, 1.165) is 18.4 Å². The molecule has 18 heavy (non-hydrogen) atoms. The summed E-state index contributed by atoms with van der Waals surface area (Å²) in [6, 6.07) is 7.32. The fourth-order valence-corrected chi connectivity index (χ4v) is 2.58. The van der Waals surface area contributed by atoms with Gasteiger partial charge in [-0.15, -0.1) is 0 Å². The maximum Gasteiger partial charge on any atom is 0.303 e. The monoisotopic (exact) mass is 250 g/mol. The first-order valence-corrected chi connectivity index (χ1v) is 6.39. The number of carboxylic acids is 1. The number of alkyl halides is 1. The van der Waals surface area contributed by atoms with Gasteiger partial charge >= 0.3 is 5.97 Å². The normalized spacial score (nSPS) is 17.5. The predicted molar refractivity (Wildman–Crippen MR) is 68.3 cm³/mol. The summed E-state index contributed by atoms with van der Waals surface area (Å²) in [4.78, 5) is 11.0. The van der Waals surface area contributed by atoms with Crippen molar-refractivity contribution in [1.82, 2.24) is 0 Å². The maximum atomic E-state index is 14.2. The molecule has 0 aromatic heterocycles. The molecule has 1 unspecified atom stereocenters. The number of carboxylic acid groups (broad SMARTS) is 1. The molecule has 1 saturated carbocycles. The molecule has 0 heterocycles. The molecule has 1 aliphatic carbocycles. The highest BCUT2D eigenvalue weighted by molar-refractivity contribution is 5.68. The van der Waals surface area contributed by atoms with Gasteiger partial charge in [0.2, 0.25) is 0 Å². The zero-order chi connectivity index (χ0) is 13.3. The van der Waals surface area contributed by atoms with Gasteiger partial charge in [0.1, 0.15) is 5.67 Å². The Morgan fingerprint density at radius 1 is 1.44 bits per heavy atom. The first-order chi connectivity index (χ1) is 8.39. The largest absolute Gasteiger partial charge is 0.481 e. The second kappa shape index (κ2) is 4.71. The molecular formula is C15H19FO2. The van der Waals surface area contributed by atoms with Crippen molar-refractivity contribution in [3.8, 4) is 0 Å². The molecule has 2 rings (SSSR count). The van der Waals surface area contributed by atoms with Crippen molar-refractivity contribution in [3.63, 3.8) is 0 Å². The number of hydrogen-bond donors (Lipinski definition) is 1. The number of carbonyl (C=O) groups is 1. The lowest BCUT2D eigenvalue weighted by molar-refractivity contribution is -0.137. The average Bonchev–Trinajstić information content (AvgIpc) is 3.08. The van der Waals surface area contributed by atoms with Crippen LogP contribution in [0.15, 0.2) is 24.3 Å². The smallest absolute Gasteiger partial charge is 0.303 e. The fraction of sp³-hybridized carbons (Fsp3) is 0.533. The molecule has 0 saturated heterocycles. The molecule has 1 aliphatic rings. The molecule has 2 nitrogen and oxygen atoms in total. The van der Waals surface area contributed by atoms with Crippen LogP contribution in [0.25, 0.3) is 0 Å². The molecular weight excluding hydrogens is 231 g/mol. The van der Waals surface area contributed by atoms with Crippen LogP contribution in [0.3, 0.4) is 0 Å². The predicted octanol–water partition coefficient (Wildman–Crippen LogP) is 3.86. The Bertz CT molecular complexity index is 444. The van der Waals surface area contributed by atoms with Crippen LogP contribution in [-0.4, -0.2) is 11.1 Å². The maximum absolute atomic E-state index is 14.2. The van der Waals surface area contributed by atoms with E-state index in [1.165, 1.54) is 13.8 Å². The van der Waals surface area contributed by atoms with Gasteiger partial charge < -0.3 is 5.11 Å². The van der Waals surface area contributed by atoms with Crippen LogP contribution in [0.1, 0.15) is 50.2 Å². The minimum absolute atomic E-state index is 0.0475. The Labute approximate surface area is 107 Å². The molecule has 1 fully saturated rings. The van der Waals surface area contributed by atoms with Crippen LogP contribution in [0.5, 0.6) is 0 Å². The van der Waals surface area contributed by atoms with Crippen LogP contribution in [-0.2, 0) is 10.5 Å². The highest BCUT2D eigenvalue weighted by Crippen LogP contribution is 2.47. The lowest BCUT2D eigenvalue weighted by Crippen LogP contribution is -2.17. The summed E-state index contributed by atoms with van der Waals surface area (Å²) in [5.41, 5.74) is 0.0699. The second-order valence-electron chi connectivity index (χ2n) is 5.60. The first-order valence-electron chi connectivity index (χ1n) is 6.39. The van der Waals surface area contributed by atoms with Gasteiger partial charge in [-0.2, -0.15) is 0 Å².